The second-order valence-corrected chi connectivity index (χ2v) is 10.7. The second-order valence-electron chi connectivity index (χ2n) is 10.7. The normalized spacial score (nSPS) is 11.9. The number of carboxylic acids is 2. The molecule has 0 aromatic carbocycles. The molecule has 8 nitrogen and oxygen atoms in total. The van der Waals surface area contributed by atoms with Gasteiger partial charge in [0.05, 0.1) is 22.8 Å². The molecule has 2 aliphatic heterocycles. The maximum absolute atomic E-state index is 11.5. The van der Waals surface area contributed by atoms with Crippen molar-refractivity contribution in [2.75, 3.05) is 0 Å². The first-order valence-electron chi connectivity index (χ1n) is 13.9. The van der Waals surface area contributed by atoms with Gasteiger partial charge in [-0.2, -0.15) is 0 Å². The predicted octanol–water partition coefficient (Wildman–Crippen LogP) is -1.18. The fourth-order valence-corrected chi connectivity index (χ4v) is 5.77. The first-order chi connectivity index (χ1) is 20.0. The average Bonchev–Trinajstić information content (AvgIpc) is 3.59. The van der Waals surface area contributed by atoms with E-state index in [0.717, 1.165) is 78.0 Å². The molecule has 3 aromatic rings. The monoisotopic (exact) mass is 726 g/mol. The molecular weight excluding hydrogens is 694 g/mol. The van der Waals surface area contributed by atoms with E-state index in [1.54, 1.807) is 0 Å². The number of hydrogen-bond acceptors (Lipinski definition) is 4. The third-order valence-corrected chi connectivity index (χ3v) is 8.22. The number of aromatic amines is 2. The van der Waals surface area contributed by atoms with Gasteiger partial charge in [-0.05, 0) is 98.2 Å². The number of aryl methyl sites for hydroxylation is 2. The summed E-state index contributed by atoms with van der Waals surface area (Å²) in [4.78, 5) is 40.0. The van der Waals surface area contributed by atoms with Crippen molar-refractivity contribution in [1.82, 2.24) is 19.9 Å². The molecule has 0 saturated heterocycles. The first-order valence-corrected chi connectivity index (χ1v) is 13.9. The Morgan fingerprint density at radius 3 is 1.41 bits per heavy atom. The zero-order valence-electron chi connectivity index (χ0n) is 25.8. The molecular formula is C34H34Cl3CoN4O4. The summed E-state index contributed by atoms with van der Waals surface area (Å²) in [7, 11) is 0. The van der Waals surface area contributed by atoms with Gasteiger partial charge in [-0.1, -0.05) is 25.3 Å². The van der Waals surface area contributed by atoms with Crippen LogP contribution in [0.15, 0.2) is 37.4 Å². The first kappa shape index (κ1) is 40.4. The summed E-state index contributed by atoms with van der Waals surface area (Å²) in [6, 6.07) is 7.88. The van der Waals surface area contributed by atoms with Crippen molar-refractivity contribution in [1.29, 1.82) is 0 Å². The van der Waals surface area contributed by atoms with E-state index in [1.165, 1.54) is 0 Å². The number of aromatic nitrogens is 4. The quantitative estimate of drug-likeness (QED) is 0.231. The molecule has 4 N–H and O–H groups in total. The molecule has 0 unspecified atom stereocenters. The van der Waals surface area contributed by atoms with Crippen LogP contribution in [0.1, 0.15) is 84.6 Å². The van der Waals surface area contributed by atoms with E-state index < -0.39 is 11.9 Å². The van der Waals surface area contributed by atoms with Crippen molar-refractivity contribution in [3.05, 3.63) is 82.5 Å². The smallest absolute Gasteiger partial charge is 1.00 e. The number of nitrogens with zero attached hydrogens (tertiary/aromatic N) is 2. The van der Waals surface area contributed by atoms with Crippen LogP contribution < -0.4 is 37.2 Å². The average molecular weight is 728 g/mol. The van der Waals surface area contributed by atoms with Crippen LogP contribution in [0.5, 0.6) is 0 Å². The zero-order valence-corrected chi connectivity index (χ0v) is 29.1. The summed E-state index contributed by atoms with van der Waals surface area (Å²) in [5, 5.41) is 18.9. The SMILES string of the molecule is C=Cc1c(C)c2cc3[nH]c(cc4nc(cc5nc(cc1[nH]2)C(C)=C5CCC(=O)O)C(CCC(=O)O)=C4C)c(C)c3C=C.[Cl-].[Cl-].[Cl-].[Co+3]. The molecule has 0 aliphatic carbocycles. The number of H-pyrrole nitrogens is 2. The van der Waals surface area contributed by atoms with Gasteiger partial charge in [0.1, 0.15) is 0 Å². The van der Waals surface area contributed by atoms with Gasteiger partial charge in [0.25, 0.3) is 0 Å². The standard InChI is InChI=1S/C34H34N4O4.3ClH.Co/c1-7-21-17(3)25-13-26-19(5)23(9-11-33(39)40)31(37-26)16-32-24(10-12-34(41)42)20(6)28(38-32)15-30-22(8-2)18(4)27(36-30)14-29(21)35-25;;;;/h7-8,13-16,35-36H,1-2,9-12H2,3-6H3,(H,39,40)(H,41,42);3*1H;/q;;;;+3/p-3. The number of fused-ring (bicyclic) bond motifs is 8. The Kier molecular flexibility index (Phi) is 14.3. The molecule has 46 heavy (non-hydrogen) atoms. The minimum atomic E-state index is -0.889. The maximum atomic E-state index is 11.5. The molecule has 12 heteroatoms. The maximum Gasteiger partial charge on any atom is 3.00 e. The fourth-order valence-electron chi connectivity index (χ4n) is 5.77. The van der Waals surface area contributed by atoms with Crippen molar-refractivity contribution >= 4 is 68.4 Å². The largest absolute Gasteiger partial charge is 3.00 e. The Labute approximate surface area is 296 Å². The third kappa shape index (κ3) is 7.67. The van der Waals surface area contributed by atoms with Crippen molar-refractivity contribution in [3.8, 4) is 0 Å². The fraction of sp³-hybridized carbons (Fsp3) is 0.235. The molecule has 0 atom stereocenters. The van der Waals surface area contributed by atoms with E-state index in [9.17, 15) is 19.8 Å². The van der Waals surface area contributed by atoms with Gasteiger partial charge < -0.3 is 57.4 Å². The van der Waals surface area contributed by atoms with Crippen LogP contribution in [0.25, 0.3) is 56.5 Å². The Morgan fingerprint density at radius 1 is 0.652 bits per heavy atom. The summed E-state index contributed by atoms with van der Waals surface area (Å²) >= 11 is 0. The van der Waals surface area contributed by atoms with Gasteiger partial charge >= 0.3 is 28.7 Å². The number of allylic oxidation sites excluding steroid dienone is 4. The van der Waals surface area contributed by atoms with E-state index in [1.807, 2.05) is 58.0 Å². The zero-order chi connectivity index (χ0) is 30.3. The van der Waals surface area contributed by atoms with Crippen LogP contribution in [0.3, 0.4) is 0 Å². The summed E-state index contributed by atoms with van der Waals surface area (Å²) in [6.07, 6.45) is 4.20. The summed E-state index contributed by atoms with van der Waals surface area (Å²) in [5.41, 5.74) is 13.7. The third-order valence-electron chi connectivity index (χ3n) is 8.22. The Bertz CT molecular complexity index is 1940. The number of carboxylic acid groups (broad SMARTS) is 2. The molecule has 0 saturated carbocycles. The van der Waals surface area contributed by atoms with E-state index in [4.69, 9.17) is 9.97 Å². The number of carbonyl (C=O) groups is 2. The molecule has 3 aromatic heterocycles. The van der Waals surface area contributed by atoms with Gasteiger partial charge in [-0.15, -0.1) is 0 Å². The number of halogens is 3. The van der Waals surface area contributed by atoms with Crippen LogP contribution in [0, 0.1) is 13.8 Å². The molecule has 0 spiro atoms. The van der Waals surface area contributed by atoms with Crippen LogP contribution in [-0.4, -0.2) is 42.1 Å². The van der Waals surface area contributed by atoms with Crippen molar-refractivity contribution in [2.24, 2.45) is 0 Å². The van der Waals surface area contributed by atoms with Crippen molar-refractivity contribution in [3.63, 3.8) is 0 Å². The molecule has 2 aliphatic rings. The van der Waals surface area contributed by atoms with E-state index >= 15 is 0 Å². The number of rotatable bonds is 8. The Morgan fingerprint density at radius 2 is 1.02 bits per heavy atom. The van der Waals surface area contributed by atoms with Gasteiger partial charge in [-0.25, -0.2) is 9.97 Å². The molecule has 244 valence electrons. The van der Waals surface area contributed by atoms with Gasteiger partial charge in [0.15, 0.2) is 0 Å². The number of nitrogens with one attached hydrogen (secondary N) is 2. The number of aliphatic carboxylic acids is 2. The predicted molar refractivity (Wildman–Crippen MR) is 169 cm³/mol. The Hall–Kier alpha value is -3.60. The topological polar surface area (TPSA) is 132 Å². The molecule has 0 amide bonds. The molecule has 8 bridgehead atoms. The van der Waals surface area contributed by atoms with Crippen LogP contribution in [0.2, 0.25) is 0 Å². The van der Waals surface area contributed by atoms with Gasteiger partial charge in [0, 0.05) is 46.0 Å². The minimum absolute atomic E-state index is 0. The van der Waals surface area contributed by atoms with Gasteiger partial charge in [0.2, 0.25) is 0 Å². The summed E-state index contributed by atoms with van der Waals surface area (Å²) in [5.74, 6) is -1.78. The minimum Gasteiger partial charge on any atom is -1.00 e. The Balaban J connectivity index is 0.00000264. The second kappa shape index (κ2) is 16.3. The molecule has 5 rings (SSSR count). The molecule has 5 heterocycles. The van der Waals surface area contributed by atoms with Crippen LogP contribution in [-0.2, 0) is 26.4 Å². The molecule has 0 fully saturated rings. The van der Waals surface area contributed by atoms with Crippen molar-refractivity contribution in [2.45, 2.75) is 53.4 Å². The van der Waals surface area contributed by atoms with E-state index in [-0.39, 0.29) is 66.8 Å². The number of hydrogen-bond donors (Lipinski definition) is 4. The van der Waals surface area contributed by atoms with Crippen LogP contribution >= 0.6 is 0 Å². The van der Waals surface area contributed by atoms with Crippen LogP contribution in [0.4, 0.5) is 0 Å². The van der Waals surface area contributed by atoms with Gasteiger partial charge in [-0.3, -0.25) is 9.59 Å². The summed E-state index contributed by atoms with van der Waals surface area (Å²) in [6.45, 7) is 16.1. The van der Waals surface area contributed by atoms with E-state index in [0.29, 0.717) is 24.2 Å². The van der Waals surface area contributed by atoms with E-state index in [2.05, 4.69) is 29.2 Å². The van der Waals surface area contributed by atoms with Crippen molar-refractivity contribution < 1.29 is 73.8 Å². The summed E-state index contributed by atoms with van der Waals surface area (Å²) < 4.78 is 0. The molecule has 0 radical (unpaired) electrons.